The number of benzene rings is 1. The molecule has 3 rings (SSSR count). The molecule has 4 amide bonds. The Kier molecular flexibility index (Phi) is 8.97. The molecule has 1 aromatic carbocycles. The summed E-state index contributed by atoms with van der Waals surface area (Å²) in [5, 5.41) is 5.90. The van der Waals surface area contributed by atoms with Crippen molar-refractivity contribution in [1.82, 2.24) is 25.3 Å². The van der Waals surface area contributed by atoms with Gasteiger partial charge in [-0.25, -0.2) is 14.4 Å². The van der Waals surface area contributed by atoms with Gasteiger partial charge < -0.3 is 25.0 Å². The molecule has 1 atom stereocenters. The molecule has 2 heterocycles. The highest BCUT2D eigenvalue weighted by atomic mass is 16.5. The van der Waals surface area contributed by atoms with Crippen LogP contribution in [-0.4, -0.2) is 91.8 Å². The Bertz CT molecular complexity index is 938. The molecule has 192 valence electrons. The van der Waals surface area contributed by atoms with Gasteiger partial charge in [0.1, 0.15) is 5.75 Å². The zero-order valence-corrected chi connectivity index (χ0v) is 21.3. The van der Waals surface area contributed by atoms with Crippen LogP contribution in [0, 0.1) is 0 Å². The molecule has 10 heteroatoms. The number of carbonyl (C=O) groups is 3. The second kappa shape index (κ2) is 11.9. The van der Waals surface area contributed by atoms with Crippen molar-refractivity contribution in [2.45, 2.75) is 39.8 Å². The summed E-state index contributed by atoms with van der Waals surface area (Å²) in [5.74, 6) is 0.240. The third-order valence-electron chi connectivity index (χ3n) is 6.14. The molecule has 1 saturated heterocycles. The monoisotopic (exact) mass is 487 g/mol. The molecular formula is C25H37N5O5. The van der Waals surface area contributed by atoms with Crippen molar-refractivity contribution in [3.8, 4) is 5.75 Å². The summed E-state index contributed by atoms with van der Waals surface area (Å²) < 4.78 is 10.7. The highest BCUT2D eigenvalue weighted by Crippen LogP contribution is 2.33. The van der Waals surface area contributed by atoms with E-state index in [0.29, 0.717) is 56.3 Å². The first-order valence-corrected chi connectivity index (χ1v) is 12.2. The number of nitrogens with one attached hydrogen (secondary N) is 2. The van der Waals surface area contributed by atoms with E-state index >= 15 is 0 Å². The number of methoxy groups -OCH3 is 1. The van der Waals surface area contributed by atoms with Gasteiger partial charge >= 0.3 is 18.0 Å². The lowest BCUT2D eigenvalue weighted by molar-refractivity contribution is -0.139. The molecule has 35 heavy (non-hydrogen) atoms. The van der Waals surface area contributed by atoms with Crippen LogP contribution in [-0.2, 0) is 9.53 Å². The fourth-order valence-corrected chi connectivity index (χ4v) is 4.36. The third kappa shape index (κ3) is 6.25. The molecule has 0 bridgehead atoms. The number of likely N-dealkylation sites (N-methyl/N-ethyl adjacent to an activating group) is 1. The standard InChI is InChI=1S/C25H37N5O5/c1-6-30-20(16-28-12-14-29(15-13-28)24(32)26-17(3)4)21(23(31)35-7-2)22(27-25(30)33)18-8-10-19(34-5)11-9-18/h8-11,17,22H,6-7,12-16H2,1-5H3,(H,26,32)(H,27,33)/t22-/m0/s1. The van der Waals surface area contributed by atoms with Crippen molar-refractivity contribution in [2.24, 2.45) is 0 Å². The molecule has 2 N–H and O–H groups in total. The van der Waals surface area contributed by atoms with Crippen LogP contribution in [0.4, 0.5) is 9.59 Å². The smallest absolute Gasteiger partial charge is 0.338 e. The molecule has 1 aromatic rings. The quantitative estimate of drug-likeness (QED) is 0.546. The highest BCUT2D eigenvalue weighted by Gasteiger charge is 2.38. The molecular weight excluding hydrogens is 450 g/mol. The second-order valence-corrected chi connectivity index (χ2v) is 8.85. The fraction of sp³-hybridized carbons (Fsp3) is 0.560. The lowest BCUT2D eigenvalue weighted by Crippen LogP contribution is -2.55. The summed E-state index contributed by atoms with van der Waals surface area (Å²) in [4.78, 5) is 44.2. The van der Waals surface area contributed by atoms with E-state index < -0.39 is 12.0 Å². The molecule has 0 saturated carbocycles. The molecule has 1 fully saturated rings. The number of urea groups is 2. The highest BCUT2D eigenvalue weighted by molar-refractivity contribution is 5.95. The predicted octanol–water partition coefficient (Wildman–Crippen LogP) is 2.33. The largest absolute Gasteiger partial charge is 0.497 e. The van der Waals surface area contributed by atoms with Crippen molar-refractivity contribution < 1.29 is 23.9 Å². The molecule has 0 aromatic heterocycles. The SMILES string of the molecule is CCOC(=O)C1=C(CN2CCN(C(=O)NC(C)C)CC2)N(CC)C(=O)N[C@H]1c1ccc(OC)cc1. The van der Waals surface area contributed by atoms with E-state index in [9.17, 15) is 14.4 Å². The number of ether oxygens (including phenoxy) is 2. The summed E-state index contributed by atoms with van der Waals surface area (Å²) in [6.07, 6.45) is 0. The maximum atomic E-state index is 13.2. The maximum Gasteiger partial charge on any atom is 0.338 e. The van der Waals surface area contributed by atoms with E-state index in [1.807, 2.05) is 32.9 Å². The Morgan fingerprint density at radius 2 is 1.77 bits per heavy atom. The average molecular weight is 488 g/mol. The van der Waals surface area contributed by atoms with Crippen molar-refractivity contribution >= 4 is 18.0 Å². The number of rotatable bonds is 8. The number of carbonyl (C=O) groups excluding carboxylic acids is 3. The van der Waals surface area contributed by atoms with Gasteiger partial charge in [-0.3, -0.25) is 9.80 Å². The van der Waals surface area contributed by atoms with Gasteiger partial charge in [-0.05, 0) is 45.4 Å². The van der Waals surface area contributed by atoms with Gasteiger partial charge in [-0.15, -0.1) is 0 Å². The molecule has 2 aliphatic heterocycles. The third-order valence-corrected chi connectivity index (χ3v) is 6.14. The van der Waals surface area contributed by atoms with E-state index in [2.05, 4.69) is 15.5 Å². The fourth-order valence-electron chi connectivity index (χ4n) is 4.36. The Hall–Kier alpha value is -3.27. The first-order valence-electron chi connectivity index (χ1n) is 12.2. The first kappa shape index (κ1) is 26.3. The number of amides is 4. The van der Waals surface area contributed by atoms with Gasteiger partial charge in [-0.1, -0.05) is 12.1 Å². The molecule has 10 nitrogen and oxygen atoms in total. The van der Waals surface area contributed by atoms with Crippen LogP contribution in [0.2, 0.25) is 0 Å². The minimum Gasteiger partial charge on any atom is -0.497 e. The first-order chi connectivity index (χ1) is 16.8. The molecule has 0 spiro atoms. The molecule has 0 radical (unpaired) electrons. The van der Waals surface area contributed by atoms with Crippen LogP contribution in [0.3, 0.4) is 0 Å². The van der Waals surface area contributed by atoms with Crippen molar-refractivity contribution in [3.63, 3.8) is 0 Å². The molecule has 0 unspecified atom stereocenters. The van der Waals surface area contributed by atoms with Crippen molar-refractivity contribution in [3.05, 3.63) is 41.1 Å². The topological polar surface area (TPSA) is 103 Å². The van der Waals surface area contributed by atoms with E-state index in [1.165, 1.54) is 0 Å². The second-order valence-electron chi connectivity index (χ2n) is 8.85. The van der Waals surface area contributed by atoms with Gasteiger partial charge in [0.2, 0.25) is 0 Å². The van der Waals surface area contributed by atoms with E-state index in [4.69, 9.17) is 9.47 Å². The van der Waals surface area contributed by atoms with Gasteiger partial charge in [0.25, 0.3) is 0 Å². The Labute approximate surface area is 207 Å². The van der Waals surface area contributed by atoms with E-state index in [1.54, 1.807) is 36.0 Å². The van der Waals surface area contributed by atoms with E-state index in [0.717, 1.165) is 5.56 Å². The van der Waals surface area contributed by atoms with Crippen molar-refractivity contribution in [1.29, 1.82) is 0 Å². The van der Waals surface area contributed by atoms with Crippen molar-refractivity contribution in [2.75, 3.05) is 53.0 Å². The van der Waals surface area contributed by atoms with Gasteiger partial charge in [0.05, 0.1) is 25.3 Å². The number of piperazine rings is 1. The van der Waals surface area contributed by atoms with Crippen LogP contribution in [0.5, 0.6) is 5.75 Å². The molecule has 0 aliphatic carbocycles. The minimum absolute atomic E-state index is 0.0714. The summed E-state index contributed by atoms with van der Waals surface area (Å²) in [5.41, 5.74) is 1.83. The number of esters is 1. The lowest BCUT2D eigenvalue weighted by atomic mass is 9.94. The van der Waals surface area contributed by atoms with Gasteiger partial charge in [0.15, 0.2) is 0 Å². The lowest BCUT2D eigenvalue weighted by Gasteiger charge is -2.40. The van der Waals surface area contributed by atoms with Gasteiger partial charge in [0, 0.05) is 51.0 Å². The Morgan fingerprint density at radius 1 is 1.11 bits per heavy atom. The zero-order chi connectivity index (χ0) is 25.5. The van der Waals surface area contributed by atoms with Crippen LogP contribution in [0.15, 0.2) is 35.5 Å². The summed E-state index contributed by atoms with van der Waals surface area (Å²) in [6.45, 7) is 11.0. The summed E-state index contributed by atoms with van der Waals surface area (Å²) >= 11 is 0. The summed E-state index contributed by atoms with van der Waals surface area (Å²) in [7, 11) is 1.59. The maximum absolute atomic E-state index is 13.2. The van der Waals surface area contributed by atoms with Crippen LogP contribution >= 0.6 is 0 Å². The summed E-state index contributed by atoms with van der Waals surface area (Å²) in [6, 6.07) is 6.40. The Morgan fingerprint density at radius 3 is 2.31 bits per heavy atom. The zero-order valence-electron chi connectivity index (χ0n) is 21.3. The predicted molar refractivity (Wildman–Crippen MR) is 132 cm³/mol. The number of hydrogen-bond donors (Lipinski definition) is 2. The normalized spacial score (nSPS) is 19.0. The minimum atomic E-state index is -0.636. The number of nitrogens with zero attached hydrogens (tertiary/aromatic N) is 3. The van der Waals surface area contributed by atoms with Crippen LogP contribution in [0.25, 0.3) is 0 Å². The number of hydrogen-bond acceptors (Lipinski definition) is 6. The van der Waals surface area contributed by atoms with Crippen LogP contribution < -0.4 is 15.4 Å². The van der Waals surface area contributed by atoms with Gasteiger partial charge in [-0.2, -0.15) is 0 Å². The molecule has 2 aliphatic rings. The average Bonchev–Trinajstić information content (AvgIpc) is 2.84. The van der Waals surface area contributed by atoms with E-state index in [-0.39, 0.29) is 24.7 Å². The Balaban J connectivity index is 1.90. The van der Waals surface area contributed by atoms with Crippen LogP contribution in [0.1, 0.15) is 39.3 Å².